The van der Waals surface area contributed by atoms with Gasteiger partial charge in [-0.1, -0.05) is 18.2 Å². The third-order valence-corrected chi connectivity index (χ3v) is 4.15. The van der Waals surface area contributed by atoms with Gasteiger partial charge in [0.2, 0.25) is 0 Å². The number of fused-ring (bicyclic) bond motifs is 1. The minimum atomic E-state index is -0.355. The van der Waals surface area contributed by atoms with Gasteiger partial charge >= 0.3 is 0 Å². The van der Waals surface area contributed by atoms with Crippen LogP contribution in [0.5, 0.6) is 0 Å². The maximum absolute atomic E-state index is 12.3. The Bertz CT molecular complexity index is 760. The van der Waals surface area contributed by atoms with E-state index in [2.05, 4.69) is 4.98 Å². The van der Waals surface area contributed by atoms with Crippen LogP contribution in [0.15, 0.2) is 29.1 Å². The monoisotopic (exact) mass is 300 g/mol. The molecule has 22 heavy (non-hydrogen) atoms. The van der Waals surface area contributed by atoms with Crippen molar-refractivity contribution in [2.75, 3.05) is 13.7 Å². The van der Waals surface area contributed by atoms with Crippen molar-refractivity contribution in [3.05, 3.63) is 45.7 Å². The minimum absolute atomic E-state index is 0.0544. The second kappa shape index (κ2) is 5.93. The van der Waals surface area contributed by atoms with Crippen LogP contribution in [0.2, 0.25) is 0 Å². The van der Waals surface area contributed by atoms with E-state index in [4.69, 9.17) is 4.74 Å². The molecule has 0 aliphatic carbocycles. The second-order valence-corrected chi connectivity index (χ2v) is 5.86. The summed E-state index contributed by atoms with van der Waals surface area (Å²) in [6.07, 6.45) is 1.32. The molecule has 1 N–H and O–H groups in total. The number of aromatic amines is 1. The Labute approximate surface area is 128 Å². The van der Waals surface area contributed by atoms with E-state index in [1.807, 2.05) is 31.2 Å². The van der Waals surface area contributed by atoms with Gasteiger partial charge in [-0.3, -0.25) is 9.59 Å². The van der Waals surface area contributed by atoms with Crippen molar-refractivity contribution < 1.29 is 9.53 Å². The van der Waals surface area contributed by atoms with E-state index in [1.165, 1.54) is 0 Å². The first-order valence-corrected chi connectivity index (χ1v) is 7.54. The predicted octanol–water partition coefficient (Wildman–Crippen LogP) is 1.97. The molecule has 1 aromatic carbocycles. The van der Waals surface area contributed by atoms with Crippen LogP contribution in [0.1, 0.15) is 24.0 Å². The summed E-state index contributed by atoms with van der Waals surface area (Å²) < 4.78 is 5.41. The van der Waals surface area contributed by atoms with Gasteiger partial charge in [0.05, 0.1) is 12.1 Å². The molecule has 5 heteroatoms. The maximum Gasteiger partial charge on any atom is 0.253 e. The highest BCUT2D eigenvalue weighted by Gasteiger charge is 2.26. The predicted molar refractivity (Wildman–Crippen MR) is 84.8 cm³/mol. The molecule has 1 fully saturated rings. The molecular weight excluding hydrogens is 280 g/mol. The van der Waals surface area contributed by atoms with Crippen LogP contribution in [-0.2, 0) is 16.1 Å². The number of nitrogens with zero attached hydrogens (tertiary/aromatic N) is 1. The summed E-state index contributed by atoms with van der Waals surface area (Å²) in [4.78, 5) is 29.0. The number of ether oxygens (including phenoxy) is 1. The first kappa shape index (κ1) is 14.8. The standard InChI is InChI=1S/C17H20N2O3/c1-11-5-3-6-12-9-13(16(20)18-15(11)12)10-19(2)17(21)14-7-4-8-22-14/h3,5-6,9,14H,4,7-8,10H2,1-2H3,(H,18,20). The number of hydrogen-bond donors (Lipinski definition) is 1. The Morgan fingerprint density at radius 2 is 2.27 bits per heavy atom. The number of nitrogens with one attached hydrogen (secondary N) is 1. The molecule has 1 aliphatic heterocycles. The molecule has 0 saturated carbocycles. The van der Waals surface area contributed by atoms with Crippen molar-refractivity contribution in [2.24, 2.45) is 0 Å². The van der Waals surface area contributed by atoms with E-state index in [0.717, 1.165) is 29.3 Å². The van der Waals surface area contributed by atoms with Crippen LogP contribution in [0.3, 0.4) is 0 Å². The lowest BCUT2D eigenvalue weighted by Crippen LogP contribution is -2.36. The number of amides is 1. The Hall–Kier alpha value is -2.14. The van der Waals surface area contributed by atoms with E-state index in [-0.39, 0.29) is 24.1 Å². The zero-order valence-corrected chi connectivity index (χ0v) is 12.9. The molecule has 2 heterocycles. The van der Waals surface area contributed by atoms with Crippen LogP contribution in [0.4, 0.5) is 0 Å². The normalized spacial score (nSPS) is 17.8. The van der Waals surface area contributed by atoms with Crippen LogP contribution < -0.4 is 5.56 Å². The number of likely N-dealkylation sites (N-methyl/N-ethyl adjacent to an activating group) is 1. The molecule has 0 bridgehead atoms. The van der Waals surface area contributed by atoms with Gasteiger partial charge in [0, 0.05) is 19.2 Å². The molecule has 1 atom stereocenters. The first-order chi connectivity index (χ1) is 10.6. The van der Waals surface area contributed by atoms with Crippen molar-refractivity contribution in [3.63, 3.8) is 0 Å². The molecule has 1 amide bonds. The smallest absolute Gasteiger partial charge is 0.253 e. The third kappa shape index (κ3) is 2.76. The third-order valence-electron chi connectivity index (χ3n) is 4.15. The minimum Gasteiger partial charge on any atom is -0.368 e. The molecule has 1 aromatic heterocycles. The highest BCUT2D eigenvalue weighted by atomic mass is 16.5. The van der Waals surface area contributed by atoms with Gasteiger partial charge in [0.15, 0.2) is 0 Å². The summed E-state index contributed by atoms with van der Waals surface area (Å²) in [6, 6.07) is 7.75. The molecular formula is C17H20N2O3. The van der Waals surface area contributed by atoms with Crippen molar-refractivity contribution in [2.45, 2.75) is 32.4 Å². The quantitative estimate of drug-likeness (QED) is 0.942. The second-order valence-electron chi connectivity index (χ2n) is 5.86. The number of pyridine rings is 1. The number of benzene rings is 1. The molecule has 0 radical (unpaired) electrons. The number of carbonyl (C=O) groups is 1. The van der Waals surface area contributed by atoms with E-state index in [9.17, 15) is 9.59 Å². The summed E-state index contributed by atoms with van der Waals surface area (Å²) in [5.41, 5.74) is 2.33. The number of aryl methyl sites for hydroxylation is 1. The lowest BCUT2D eigenvalue weighted by molar-refractivity contribution is -0.140. The van der Waals surface area contributed by atoms with Crippen LogP contribution in [0.25, 0.3) is 10.9 Å². The average molecular weight is 300 g/mol. The molecule has 3 rings (SSSR count). The van der Waals surface area contributed by atoms with Gasteiger partial charge in [-0.05, 0) is 36.8 Å². The molecule has 5 nitrogen and oxygen atoms in total. The fourth-order valence-corrected chi connectivity index (χ4v) is 2.90. The number of carbonyl (C=O) groups excluding carboxylic acids is 1. The highest BCUT2D eigenvalue weighted by Crippen LogP contribution is 2.17. The Kier molecular flexibility index (Phi) is 3.98. The summed E-state index contributed by atoms with van der Waals surface area (Å²) in [5, 5.41) is 0.979. The van der Waals surface area contributed by atoms with Crippen LogP contribution in [-0.4, -0.2) is 35.5 Å². The Morgan fingerprint density at radius 1 is 1.45 bits per heavy atom. The average Bonchev–Trinajstić information content (AvgIpc) is 3.02. The van der Waals surface area contributed by atoms with Crippen molar-refractivity contribution in [1.82, 2.24) is 9.88 Å². The molecule has 0 spiro atoms. The van der Waals surface area contributed by atoms with Gasteiger partial charge in [0.25, 0.3) is 11.5 Å². The van der Waals surface area contributed by atoms with E-state index in [0.29, 0.717) is 12.2 Å². The van der Waals surface area contributed by atoms with Crippen LogP contribution in [0, 0.1) is 6.92 Å². The lowest BCUT2D eigenvalue weighted by atomic mass is 10.1. The number of para-hydroxylation sites is 1. The summed E-state index contributed by atoms with van der Waals surface area (Å²) in [6.45, 7) is 2.89. The zero-order valence-electron chi connectivity index (χ0n) is 12.9. The van der Waals surface area contributed by atoms with E-state index in [1.54, 1.807) is 11.9 Å². The van der Waals surface area contributed by atoms with Gasteiger partial charge in [0.1, 0.15) is 6.10 Å². The van der Waals surface area contributed by atoms with Gasteiger partial charge < -0.3 is 14.6 Å². The van der Waals surface area contributed by atoms with Crippen molar-refractivity contribution >= 4 is 16.8 Å². The number of aromatic nitrogens is 1. The zero-order chi connectivity index (χ0) is 15.7. The molecule has 116 valence electrons. The maximum atomic E-state index is 12.3. The summed E-state index contributed by atoms with van der Waals surface area (Å²) >= 11 is 0. The Morgan fingerprint density at radius 3 is 3.00 bits per heavy atom. The van der Waals surface area contributed by atoms with Crippen LogP contribution >= 0.6 is 0 Å². The topological polar surface area (TPSA) is 62.4 Å². The molecule has 1 saturated heterocycles. The van der Waals surface area contributed by atoms with Gasteiger partial charge in [-0.2, -0.15) is 0 Å². The highest BCUT2D eigenvalue weighted by molar-refractivity contribution is 5.83. The van der Waals surface area contributed by atoms with Gasteiger partial charge in [-0.25, -0.2) is 0 Å². The Balaban J connectivity index is 1.85. The van der Waals surface area contributed by atoms with Gasteiger partial charge in [-0.15, -0.1) is 0 Å². The summed E-state index contributed by atoms with van der Waals surface area (Å²) in [7, 11) is 1.71. The fraction of sp³-hybridized carbons (Fsp3) is 0.412. The number of hydrogen-bond acceptors (Lipinski definition) is 3. The number of H-pyrrole nitrogens is 1. The SMILES string of the molecule is Cc1cccc2cc(CN(C)C(=O)C3CCCO3)c(=O)[nH]c12. The van der Waals surface area contributed by atoms with Crippen molar-refractivity contribution in [3.8, 4) is 0 Å². The lowest BCUT2D eigenvalue weighted by Gasteiger charge is -2.20. The molecule has 1 unspecified atom stereocenters. The summed E-state index contributed by atoms with van der Waals surface area (Å²) in [5.74, 6) is -0.0544. The van der Waals surface area contributed by atoms with E-state index >= 15 is 0 Å². The first-order valence-electron chi connectivity index (χ1n) is 7.54. The fourth-order valence-electron chi connectivity index (χ4n) is 2.90. The largest absolute Gasteiger partial charge is 0.368 e. The van der Waals surface area contributed by atoms with E-state index < -0.39 is 0 Å². The number of rotatable bonds is 3. The molecule has 2 aromatic rings. The molecule has 1 aliphatic rings. The van der Waals surface area contributed by atoms with Crippen molar-refractivity contribution in [1.29, 1.82) is 0 Å².